The van der Waals surface area contributed by atoms with E-state index in [-0.39, 0.29) is 6.03 Å². The molecule has 20 heavy (non-hydrogen) atoms. The summed E-state index contributed by atoms with van der Waals surface area (Å²) < 4.78 is 0. The van der Waals surface area contributed by atoms with Gasteiger partial charge in [-0.15, -0.1) is 11.3 Å². The van der Waals surface area contributed by atoms with Crippen LogP contribution in [0, 0.1) is 27.7 Å². The van der Waals surface area contributed by atoms with Gasteiger partial charge in [-0.3, -0.25) is 0 Å². The highest BCUT2D eigenvalue weighted by molar-refractivity contribution is 7.11. The lowest BCUT2D eigenvalue weighted by Crippen LogP contribution is -2.28. The summed E-state index contributed by atoms with van der Waals surface area (Å²) in [7, 11) is 0. The number of benzene rings is 1. The molecule has 0 aliphatic rings. The third-order valence-corrected chi connectivity index (χ3v) is 3.96. The van der Waals surface area contributed by atoms with E-state index in [0.29, 0.717) is 6.54 Å². The van der Waals surface area contributed by atoms with Gasteiger partial charge in [-0.1, -0.05) is 6.07 Å². The van der Waals surface area contributed by atoms with Crippen LogP contribution in [0.4, 0.5) is 10.5 Å². The van der Waals surface area contributed by atoms with Crippen LogP contribution in [0.2, 0.25) is 0 Å². The normalized spacial score (nSPS) is 10.4. The number of urea groups is 1. The molecule has 5 heteroatoms. The maximum Gasteiger partial charge on any atom is 0.319 e. The first-order valence-corrected chi connectivity index (χ1v) is 7.32. The summed E-state index contributed by atoms with van der Waals surface area (Å²) in [6.07, 6.45) is 0. The van der Waals surface area contributed by atoms with Crippen molar-refractivity contribution >= 4 is 23.1 Å². The van der Waals surface area contributed by atoms with Gasteiger partial charge in [0.15, 0.2) is 0 Å². The molecule has 0 aliphatic carbocycles. The van der Waals surface area contributed by atoms with Crippen LogP contribution in [0.1, 0.15) is 26.7 Å². The molecule has 1 aromatic heterocycles. The van der Waals surface area contributed by atoms with Crippen molar-refractivity contribution in [1.82, 2.24) is 10.3 Å². The third kappa shape index (κ3) is 3.81. The Morgan fingerprint density at radius 3 is 2.35 bits per heavy atom. The van der Waals surface area contributed by atoms with Crippen LogP contribution in [-0.2, 0) is 6.54 Å². The van der Waals surface area contributed by atoms with Gasteiger partial charge in [-0.05, 0) is 51.0 Å². The van der Waals surface area contributed by atoms with E-state index in [1.54, 1.807) is 11.3 Å². The van der Waals surface area contributed by atoms with Crippen LogP contribution >= 0.6 is 11.3 Å². The monoisotopic (exact) mass is 289 g/mol. The summed E-state index contributed by atoms with van der Waals surface area (Å²) in [6, 6.07) is 5.79. The number of hydrogen-bond acceptors (Lipinski definition) is 3. The van der Waals surface area contributed by atoms with Crippen LogP contribution in [0.3, 0.4) is 0 Å². The molecule has 0 bridgehead atoms. The number of aryl methyl sites for hydroxylation is 4. The largest absolute Gasteiger partial charge is 0.333 e. The number of carbonyl (C=O) groups excluding carboxylic acids is 1. The van der Waals surface area contributed by atoms with Gasteiger partial charge in [0.25, 0.3) is 0 Å². The summed E-state index contributed by atoms with van der Waals surface area (Å²) in [6.45, 7) is 8.46. The zero-order valence-corrected chi connectivity index (χ0v) is 13.0. The van der Waals surface area contributed by atoms with E-state index in [1.165, 1.54) is 0 Å². The molecule has 2 N–H and O–H groups in total. The number of rotatable bonds is 3. The molecule has 0 spiro atoms. The number of aromatic nitrogens is 1. The highest BCUT2D eigenvalue weighted by Crippen LogP contribution is 2.17. The lowest BCUT2D eigenvalue weighted by Gasteiger charge is -2.08. The molecule has 106 valence electrons. The average molecular weight is 289 g/mol. The molecule has 1 aromatic carbocycles. The number of hydrogen-bond donors (Lipinski definition) is 2. The van der Waals surface area contributed by atoms with Gasteiger partial charge in [0.1, 0.15) is 0 Å². The van der Waals surface area contributed by atoms with E-state index in [1.807, 2.05) is 39.8 Å². The zero-order valence-electron chi connectivity index (χ0n) is 12.2. The van der Waals surface area contributed by atoms with Gasteiger partial charge in [0, 0.05) is 10.6 Å². The Labute approximate surface area is 123 Å². The van der Waals surface area contributed by atoms with Crippen molar-refractivity contribution in [3.05, 3.63) is 44.9 Å². The molecule has 1 heterocycles. The van der Waals surface area contributed by atoms with Gasteiger partial charge in [-0.25, -0.2) is 9.78 Å². The van der Waals surface area contributed by atoms with E-state index in [9.17, 15) is 4.79 Å². The van der Waals surface area contributed by atoms with Crippen LogP contribution in [0.15, 0.2) is 18.2 Å². The van der Waals surface area contributed by atoms with Gasteiger partial charge < -0.3 is 10.6 Å². The average Bonchev–Trinajstić information content (AvgIpc) is 2.64. The molecule has 2 aromatic rings. The Bertz CT molecular complexity index is 614. The molecule has 0 saturated carbocycles. The summed E-state index contributed by atoms with van der Waals surface area (Å²) in [5, 5.41) is 6.74. The Morgan fingerprint density at radius 2 is 1.80 bits per heavy atom. The lowest BCUT2D eigenvalue weighted by atomic mass is 10.1. The SMILES string of the molecule is Cc1cc(C)cc(NC(=O)NCc2sc(C)nc2C)c1. The standard InChI is InChI=1S/C15H19N3OS/c1-9-5-10(2)7-13(6-9)18-15(19)16-8-14-11(3)17-12(4)20-14/h5-7H,8H2,1-4H3,(H2,16,18,19). The van der Waals surface area contributed by atoms with E-state index in [2.05, 4.69) is 21.7 Å². The van der Waals surface area contributed by atoms with E-state index >= 15 is 0 Å². The van der Waals surface area contributed by atoms with Crippen molar-refractivity contribution in [3.63, 3.8) is 0 Å². The second-order valence-corrected chi connectivity index (χ2v) is 6.21. The lowest BCUT2D eigenvalue weighted by molar-refractivity contribution is 0.252. The number of anilines is 1. The maximum atomic E-state index is 11.9. The molecule has 0 fully saturated rings. The molecular formula is C15H19N3OS. The predicted molar refractivity (Wildman–Crippen MR) is 83.4 cm³/mol. The van der Waals surface area contributed by atoms with Crippen molar-refractivity contribution in [2.24, 2.45) is 0 Å². The molecule has 0 atom stereocenters. The number of nitrogens with one attached hydrogen (secondary N) is 2. The van der Waals surface area contributed by atoms with Crippen molar-refractivity contribution < 1.29 is 4.79 Å². The molecule has 4 nitrogen and oxygen atoms in total. The first kappa shape index (κ1) is 14.5. The topological polar surface area (TPSA) is 54.0 Å². The Morgan fingerprint density at radius 1 is 1.15 bits per heavy atom. The minimum absolute atomic E-state index is 0.194. The number of thiazole rings is 1. The van der Waals surface area contributed by atoms with Crippen molar-refractivity contribution in [2.45, 2.75) is 34.2 Å². The zero-order chi connectivity index (χ0) is 14.7. The van der Waals surface area contributed by atoms with Crippen LogP contribution in [-0.4, -0.2) is 11.0 Å². The van der Waals surface area contributed by atoms with Crippen LogP contribution in [0.5, 0.6) is 0 Å². The van der Waals surface area contributed by atoms with E-state index < -0.39 is 0 Å². The van der Waals surface area contributed by atoms with Gasteiger partial charge in [-0.2, -0.15) is 0 Å². The summed E-state index contributed by atoms with van der Waals surface area (Å²) in [5.74, 6) is 0. The smallest absolute Gasteiger partial charge is 0.319 e. The molecule has 0 unspecified atom stereocenters. The second-order valence-electron chi connectivity index (χ2n) is 4.93. The highest BCUT2D eigenvalue weighted by atomic mass is 32.1. The third-order valence-electron chi connectivity index (χ3n) is 2.89. The summed E-state index contributed by atoms with van der Waals surface area (Å²) in [4.78, 5) is 17.3. The predicted octanol–water partition coefficient (Wildman–Crippen LogP) is 3.70. The molecule has 0 saturated heterocycles. The maximum absolute atomic E-state index is 11.9. The molecule has 0 aliphatic heterocycles. The van der Waals surface area contributed by atoms with Crippen molar-refractivity contribution in [3.8, 4) is 0 Å². The Kier molecular flexibility index (Phi) is 4.39. The van der Waals surface area contributed by atoms with Gasteiger partial charge >= 0.3 is 6.03 Å². The minimum atomic E-state index is -0.194. The van der Waals surface area contributed by atoms with Gasteiger partial charge in [0.05, 0.1) is 17.2 Å². The van der Waals surface area contributed by atoms with E-state index in [4.69, 9.17) is 0 Å². The summed E-state index contributed by atoms with van der Waals surface area (Å²) in [5.41, 5.74) is 4.07. The van der Waals surface area contributed by atoms with Gasteiger partial charge in [0.2, 0.25) is 0 Å². The fraction of sp³-hybridized carbons (Fsp3) is 0.333. The number of nitrogens with zero attached hydrogens (tertiary/aromatic N) is 1. The number of amides is 2. The number of carbonyl (C=O) groups is 1. The minimum Gasteiger partial charge on any atom is -0.333 e. The second kappa shape index (κ2) is 6.05. The van der Waals surface area contributed by atoms with Crippen LogP contribution < -0.4 is 10.6 Å². The van der Waals surface area contributed by atoms with Crippen LogP contribution in [0.25, 0.3) is 0 Å². The highest BCUT2D eigenvalue weighted by Gasteiger charge is 2.07. The molecular weight excluding hydrogens is 270 g/mol. The Balaban J connectivity index is 1.94. The first-order chi connectivity index (χ1) is 9.44. The summed E-state index contributed by atoms with van der Waals surface area (Å²) >= 11 is 1.61. The Hall–Kier alpha value is -1.88. The quantitative estimate of drug-likeness (QED) is 0.905. The molecule has 0 radical (unpaired) electrons. The van der Waals surface area contributed by atoms with E-state index in [0.717, 1.165) is 32.4 Å². The van der Waals surface area contributed by atoms with Crippen molar-refractivity contribution in [2.75, 3.05) is 5.32 Å². The molecule has 2 amide bonds. The fourth-order valence-electron chi connectivity index (χ4n) is 2.12. The fourth-order valence-corrected chi connectivity index (χ4v) is 3.00. The molecule has 2 rings (SSSR count). The first-order valence-electron chi connectivity index (χ1n) is 6.50. The van der Waals surface area contributed by atoms with Crippen molar-refractivity contribution in [1.29, 1.82) is 0 Å².